The fourth-order valence-electron chi connectivity index (χ4n) is 1.25. The number of aryl methyl sites for hydroxylation is 2. The molecule has 0 aliphatic rings. The van der Waals surface area contributed by atoms with Crippen molar-refractivity contribution in [1.82, 2.24) is 9.97 Å². The van der Waals surface area contributed by atoms with Crippen molar-refractivity contribution in [2.75, 3.05) is 0 Å². The van der Waals surface area contributed by atoms with Crippen molar-refractivity contribution in [3.8, 4) is 0 Å². The van der Waals surface area contributed by atoms with Crippen LogP contribution in [-0.4, -0.2) is 9.97 Å². The Balaban J connectivity index is 2.80. The Morgan fingerprint density at radius 3 is 2.67 bits per heavy atom. The van der Waals surface area contributed by atoms with E-state index in [4.69, 9.17) is 0 Å². The normalized spacial score (nSPS) is 10.5. The SMILES string of the molecule is Cc1cnc2cnc(C)cc2c1. The molecule has 2 aromatic heterocycles. The molecule has 2 heterocycles. The molecule has 0 aliphatic heterocycles. The molecule has 60 valence electrons. The number of hydrogen-bond donors (Lipinski definition) is 0. The quantitative estimate of drug-likeness (QED) is 0.587. The Hall–Kier alpha value is -1.44. The van der Waals surface area contributed by atoms with Crippen LogP contribution < -0.4 is 0 Å². The third-order valence-electron chi connectivity index (χ3n) is 1.84. The molecule has 0 aliphatic carbocycles. The summed E-state index contributed by atoms with van der Waals surface area (Å²) in [5, 5.41) is 1.17. The molecule has 0 aromatic carbocycles. The van der Waals surface area contributed by atoms with Crippen LogP contribution in [-0.2, 0) is 0 Å². The predicted octanol–water partition coefficient (Wildman–Crippen LogP) is 2.25. The number of aromatic nitrogens is 2. The average molecular weight is 158 g/mol. The molecular formula is C10H10N2. The Labute approximate surface area is 71.3 Å². The monoisotopic (exact) mass is 158 g/mol. The summed E-state index contributed by atoms with van der Waals surface area (Å²) in [5.74, 6) is 0. The minimum absolute atomic E-state index is 0.964. The number of hydrogen-bond acceptors (Lipinski definition) is 2. The van der Waals surface area contributed by atoms with E-state index in [1.807, 2.05) is 26.2 Å². The molecule has 0 radical (unpaired) electrons. The summed E-state index contributed by atoms with van der Waals surface area (Å²) in [6.45, 7) is 4.03. The second-order valence-electron chi connectivity index (χ2n) is 3.03. The molecule has 12 heavy (non-hydrogen) atoms. The zero-order chi connectivity index (χ0) is 8.55. The van der Waals surface area contributed by atoms with Crippen molar-refractivity contribution in [2.45, 2.75) is 13.8 Å². The van der Waals surface area contributed by atoms with Gasteiger partial charge in [0.25, 0.3) is 0 Å². The van der Waals surface area contributed by atoms with E-state index in [-0.39, 0.29) is 0 Å². The molecule has 0 atom stereocenters. The van der Waals surface area contributed by atoms with Gasteiger partial charge in [-0.3, -0.25) is 9.97 Å². The second-order valence-corrected chi connectivity index (χ2v) is 3.03. The topological polar surface area (TPSA) is 25.8 Å². The molecule has 0 amide bonds. The van der Waals surface area contributed by atoms with Crippen LogP contribution in [0.2, 0.25) is 0 Å². The van der Waals surface area contributed by atoms with Crippen LogP contribution in [0.15, 0.2) is 24.5 Å². The summed E-state index contributed by atoms with van der Waals surface area (Å²) in [5.41, 5.74) is 3.19. The van der Waals surface area contributed by atoms with Crippen molar-refractivity contribution in [2.24, 2.45) is 0 Å². The molecule has 0 unspecified atom stereocenters. The van der Waals surface area contributed by atoms with Gasteiger partial charge in [0.1, 0.15) is 0 Å². The third kappa shape index (κ3) is 1.16. The highest BCUT2D eigenvalue weighted by atomic mass is 14.7. The Bertz CT molecular complexity index is 384. The van der Waals surface area contributed by atoms with Gasteiger partial charge in [-0.2, -0.15) is 0 Å². The van der Waals surface area contributed by atoms with Gasteiger partial charge in [-0.25, -0.2) is 0 Å². The van der Waals surface area contributed by atoms with Gasteiger partial charge in [-0.05, 0) is 31.5 Å². The largest absolute Gasteiger partial charge is 0.259 e. The summed E-state index contributed by atoms with van der Waals surface area (Å²) in [7, 11) is 0. The number of nitrogens with zero attached hydrogens (tertiary/aromatic N) is 2. The van der Waals surface area contributed by atoms with Crippen molar-refractivity contribution >= 4 is 10.9 Å². The van der Waals surface area contributed by atoms with Crippen LogP contribution >= 0.6 is 0 Å². The fraction of sp³-hybridized carbons (Fsp3) is 0.200. The van der Waals surface area contributed by atoms with E-state index in [0.29, 0.717) is 0 Å². The van der Waals surface area contributed by atoms with Gasteiger partial charge >= 0.3 is 0 Å². The lowest BCUT2D eigenvalue weighted by molar-refractivity contribution is 1.20. The zero-order valence-corrected chi connectivity index (χ0v) is 7.20. The standard InChI is InChI=1S/C10H10N2/c1-7-3-9-4-8(2)11-6-10(9)12-5-7/h3-6H,1-2H3. The van der Waals surface area contributed by atoms with E-state index in [1.54, 1.807) is 0 Å². The molecular weight excluding hydrogens is 148 g/mol. The molecule has 0 spiro atoms. The summed E-state index contributed by atoms with van der Waals surface area (Å²) >= 11 is 0. The highest BCUT2D eigenvalue weighted by Gasteiger charge is 1.95. The number of fused-ring (bicyclic) bond motifs is 1. The summed E-state index contributed by atoms with van der Waals surface area (Å²) < 4.78 is 0. The first-order chi connectivity index (χ1) is 5.75. The number of pyridine rings is 2. The maximum atomic E-state index is 4.26. The lowest BCUT2D eigenvalue weighted by atomic mass is 10.2. The van der Waals surface area contributed by atoms with Crippen LogP contribution in [0.1, 0.15) is 11.3 Å². The first-order valence-electron chi connectivity index (χ1n) is 3.95. The van der Waals surface area contributed by atoms with Crippen molar-refractivity contribution in [3.63, 3.8) is 0 Å². The third-order valence-corrected chi connectivity index (χ3v) is 1.84. The van der Waals surface area contributed by atoms with Gasteiger partial charge in [-0.1, -0.05) is 0 Å². The molecule has 0 saturated heterocycles. The molecule has 0 bridgehead atoms. The first-order valence-corrected chi connectivity index (χ1v) is 3.95. The van der Waals surface area contributed by atoms with Gasteiger partial charge in [0.05, 0.1) is 11.7 Å². The highest BCUT2D eigenvalue weighted by Crippen LogP contribution is 2.12. The van der Waals surface area contributed by atoms with Gasteiger partial charge in [-0.15, -0.1) is 0 Å². The zero-order valence-electron chi connectivity index (χ0n) is 7.20. The smallest absolute Gasteiger partial charge is 0.0885 e. The van der Waals surface area contributed by atoms with Gasteiger partial charge < -0.3 is 0 Å². The highest BCUT2D eigenvalue weighted by molar-refractivity contribution is 5.78. The predicted molar refractivity (Wildman–Crippen MR) is 49.0 cm³/mol. The van der Waals surface area contributed by atoms with E-state index >= 15 is 0 Å². The number of rotatable bonds is 0. The molecule has 0 saturated carbocycles. The maximum absolute atomic E-state index is 4.26. The minimum atomic E-state index is 0.964. The van der Waals surface area contributed by atoms with Crippen LogP contribution in [0.5, 0.6) is 0 Å². The molecule has 2 nitrogen and oxygen atoms in total. The van der Waals surface area contributed by atoms with Crippen molar-refractivity contribution in [1.29, 1.82) is 0 Å². The van der Waals surface area contributed by atoms with E-state index < -0.39 is 0 Å². The van der Waals surface area contributed by atoms with E-state index in [9.17, 15) is 0 Å². The summed E-state index contributed by atoms with van der Waals surface area (Å²) in [4.78, 5) is 8.43. The molecule has 2 aromatic rings. The lowest BCUT2D eigenvalue weighted by Crippen LogP contribution is -1.85. The van der Waals surface area contributed by atoms with Crippen LogP contribution in [0.4, 0.5) is 0 Å². The van der Waals surface area contributed by atoms with Crippen LogP contribution in [0, 0.1) is 13.8 Å². The summed E-state index contributed by atoms with van der Waals surface area (Å²) in [6.07, 6.45) is 3.67. The van der Waals surface area contributed by atoms with Crippen LogP contribution in [0.25, 0.3) is 10.9 Å². The van der Waals surface area contributed by atoms with E-state index in [2.05, 4.69) is 22.1 Å². The van der Waals surface area contributed by atoms with Gasteiger partial charge in [0, 0.05) is 17.3 Å². The molecule has 2 heteroatoms. The van der Waals surface area contributed by atoms with E-state index in [1.165, 1.54) is 10.9 Å². The second kappa shape index (κ2) is 2.55. The minimum Gasteiger partial charge on any atom is -0.259 e. The van der Waals surface area contributed by atoms with Gasteiger partial charge in [0.15, 0.2) is 0 Å². The fourth-order valence-corrected chi connectivity index (χ4v) is 1.25. The average Bonchev–Trinajstić information content (AvgIpc) is 2.03. The lowest BCUT2D eigenvalue weighted by Gasteiger charge is -1.98. The summed E-state index contributed by atoms with van der Waals surface area (Å²) in [6, 6.07) is 4.17. The molecule has 2 rings (SSSR count). The van der Waals surface area contributed by atoms with E-state index in [0.717, 1.165) is 11.2 Å². The Kier molecular flexibility index (Phi) is 1.54. The molecule has 0 N–H and O–H groups in total. The Morgan fingerprint density at radius 2 is 1.83 bits per heavy atom. The first kappa shape index (κ1) is 7.22. The van der Waals surface area contributed by atoms with Gasteiger partial charge in [0.2, 0.25) is 0 Å². The maximum Gasteiger partial charge on any atom is 0.0885 e. The Morgan fingerprint density at radius 1 is 1.00 bits per heavy atom. The van der Waals surface area contributed by atoms with Crippen molar-refractivity contribution < 1.29 is 0 Å². The van der Waals surface area contributed by atoms with Crippen molar-refractivity contribution in [3.05, 3.63) is 35.8 Å². The van der Waals surface area contributed by atoms with Crippen LogP contribution in [0.3, 0.4) is 0 Å². The molecule has 0 fully saturated rings.